The Balaban J connectivity index is 1.14. The van der Waals surface area contributed by atoms with Gasteiger partial charge in [0.25, 0.3) is 0 Å². The predicted molar refractivity (Wildman–Crippen MR) is 309 cm³/mol. The van der Waals surface area contributed by atoms with Gasteiger partial charge in [0.05, 0.1) is 96.1 Å². The Morgan fingerprint density at radius 1 is 0.338 bits per heavy atom. The summed E-state index contributed by atoms with van der Waals surface area (Å²) in [5.41, 5.74) is 14.0. The fourth-order valence-corrected chi connectivity index (χ4v) is 10.7. The molecule has 9 aromatic carbocycles. The number of pyridine rings is 1. The Kier molecular flexibility index (Phi) is 11.7. The largest absolute Gasteiger partial charge is 0.307 e. The minimum absolute atomic E-state index is 0.328. The molecule has 3 aromatic heterocycles. The SMILES string of the molecule is [C-]#[N+]c1cc(C#N)cc(-c2ccc3c(c2)c2cc(-c4cc(C#N)cc([N+]#[C-])c4)ccc2n3-c2cc(-c3ccccc3C#N)c(-n3c4ccc(-c5cc(C#N)cc([N+]#[C-])c5)cc4c4cc(-c5cc(C#N)cc([N+]#[C-])c5)ccc43)cn2)c1. The van der Waals surface area contributed by atoms with Gasteiger partial charge >= 0.3 is 0 Å². The van der Waals surface area contributed by atoms with Crippen LogP contribution in [0, 0.1) is 82.9 Å². The van der Waals surface area contributed by atoms with Crippen molar-refractivity contribution in [2.24, 2.45) is 0 Å². The molecule has 12 nitrogen and oxygen atoms in total. The van der Waals surface area contributed by atoms with E-state index in [9.17, 15) is 26.3 Å². The molecule has 0 spiro atoms. The molecule has 12 heteroatoms. The van der Waals surface area contributed by atoms with Crippen molar-refractivity contribution in [1.82, 2.24) is 14.1 Å². The number of aromatic nitrogens is 3. The lowest BCUT2D eigenvalue weighted by Gasteiger charge is -2.17. The van der Waals surface area contributed by atoms with Crippen molar-refractivity contribution >= 4 is 66.4 Å². The van der Waals surface area contributed by atoms with Gasteiger partial charge in [-0.1, -0.05) is 42.5 Å². The third kappa shape index (κ3) is 8.17. The number of hydrogen-bond acceptors (Lipinski definition) is 6. The van der Waals surface area contributed by atoms with Crippen LogP contribution in [0.25, 0.3) is 130 Å². The van der Waals surface area contributed by atoms with E-state index in [-0.39, 0.29) is 0 Å². The second kappa shape index (κ2) is 19.4. The molecule has 0 aliphatic rings. The van der Waals surface area contributed by atoms with Crippen LogP contribution in [0.5, 0.6) is 0 Å². The van der Waals surface area contributed by atoms with Crippen molar-refractivity contribution in [3.63, 3.8) is 0 Å². The Labute approximate surface area is 457 Å². The Morgan fingerprint density at radius 3 is 1.02 bits per heavy atom. The Morgan fingerprint density at radius 2 is 0.688 bits per heavy atom. The van der Waals surface area contributed by atoms with Gasteiger partial charge in [-0.2, -0.15) is 26.3 Å². The van der Waals surface area contributed by atoms with Crippen LogP contribution in [0.15, 0.2) is 182 Å². The zero-order chi connectivity index (χ0) is 55.2. The van der Waals surface area contributed by atoms with Crippen LogP contribution in [0.1, 0.15) is 27.8 Å². The monoisotopic (exact) mass is 1010 g/mol. The molecule has 12 aromatic rings. The first-order valence-electron chi connectivity index (χ1n) is 24.6. The van der Waals surface area contributed by atoms with Gasteiger partial charge in [0.2, 0.25) is 0 Å². The zero-order valence-corrected chi connectivity index (χ0v) is 41.7. The highest BCUT2D eigenvalue weighted by molar-refractivity contribution is 6.14. The predicted octanol–water partition coefficient (Wildman–Crippen LogP) is 17.2. The van der Waals surface area contributed by atoms with Crippen LogP contribution in [-0.2, 0) is 0 Å². The van der Waals surface area contributed by atoms with Gasteiger partial charge in [0.15, 0.2) is 22.7 Å². The first kappa shape index (κ1) is 48.1. The smallest absolute Gasteiger partial charge is 0.189 e. The van der Waals surface area contributed by atoms with Gasteiger partial charge in [0.1, 0.15) is 5.82 Å². The maximum Gasteiger partial charge on any atom is 0.189 e. The third-order valence-corrected chi connectivity index (χ3v) is 14.2. The quantitative estimate of drug-likeness (QED) is 0.145. The lowest BCUT2D eigenvalue weighted by molar-refractivity contribution is 1.06. The first-order valence-corrected chi connectivity index (χ1v) is 24.6. The molecule has 362 valence electrons. The van der Waals surface area contributed by atoms with Crippen molar-refractivity contribution < 1.29 is 0 Å². The summed E-state index contributed by atoms with van der Waals surface area (Å²) in [7, 11) is 0. The Bertz CT molecular complexity index is 4750. The van der Waals surface area contributed by atoms with Crippen LogP contribution in [0.3, 0.4) is 0 Å². The summed E-state index contributed by atoms with van der Waals surface area (Å²) in [4.78, 5) is 19.9. The molecule has 3 heterocycles. The van der Waals surface area contributed by atoms with Crippen LogP contribution < -0.4 is 0 Å². The van der Waals surface area contributed by atoms with Gasteiger partial charge in [-0.15, -0.1) is 0 Å². The second-order valence-corrected chi connectivity index (χ2v) is 18.8. The topological polar surface area (TPSA) is 159 Å². The molecule has 0 saturated carbocycles. The van der Waals surface area contributed by atoms with E-state index in [4.69, 9.17) is 31.3 Å². The lowest BCUT2D eigenvalue weighted by atomic mass is 9.98. The molecule has 0 bridgehead atoms. The minimum Gasteiger partial charge on any atom is -0.307 e. The number of nitriles is 5. The van der Waals surface area contributed by atoms with Crippen molar-refractivity contribution in [3.05, 3.63) is 256 Å². The van der Waals surface area contributed by atoms with E-state index in [1.165, 1.54) is 0 Å². The fourth-order valence-electron chi connectivity index (χ4n) is 10.7. The Hall–Kier alpha value is -12.9. The minimum atomic E-state index is 0.328. The molecule has 0 aliphatic heterocycles. The van der Waals surface area contributed by atoms with Crippen molar-refractivity contribution in [1.29, 1.82) is 26.3 Å². The molecular formula is C68H30N12. The van der Waals surface area contributed by atoms with Gasteiger partial charge in [-0.05, 0) is 178 Å². The van der Waals surface area contributed by atoms with E-state index in [2.05, 4.69) is 58.9 Å². The summed E-state index contributed by atoms with van der Waals surface area (Å²) in [5, 5.41) is 53.8. The lowest BCUT2D eigenvalue weighted by Crippen LogP contribution is -2.04. The van der Waals surface area contributed by atoms with Gasteiger partial charge in [-0.3, -0.25) is 4.57 Å². The zero-order valence-electron chi connectivity index (χ0n) is 41.7. The van der Waals surface area contributed by atoms with E-state index < -0.39 is 0 Å². The number of hydrogen-bond donors (Lipinski definition) is 0. The van der Waals surface area contributed by atoms with Crippen LogP contribution >= 0.6 is 0 Å². The highest BCUT2D eigenvalue weighted by Gasteiger charge is 2.23. The maximum absolute atomic E-state index is 10.8. The molecule has 0 atom stereocenters. The molecule has 12 rings (SSSR count). The summed E-state index contributed by atoms with van der Waals surface area (Å²) in [5.74, 6) is 0.520. The molecule has 0 aliphatic carbocycles. The van der Waals surface area contributed by atoms with E-state index in [1.807, 2.05) is 97.1 Å². The average molecular weight is 1020 g/mol. The van der Waals surface area contributed by atoms with Gasteiger partial charge < -0.3 is 4.57 Å². The molecule has 0 fully saturated rings. The van der Waals surface area contributed by atoms with E-state index in [1.54, 1.807) is 85.1 Å². The summed E-state index contributed by atoms with van der Waals surface area (Å²) in [6.07, 6.45) is 1.80. The number of fused-ring (bicyclic) bond motifs is 6. The molecule has 0 amide bonds. The summed E-state index contributed by atoms with van der Waals surface area (Å²) in [6.45, 7) is 31.1. The second-order valence-electron chi connectivity index (χ2n) is 18.8. The van der Waals surface area contributed by atoms with E-state index in [0.717, 1.165) is 65.9 Å². The third-order valence-electron chi connectivity index (χ3n) is 14.2. The van der Waals surface area contributed by atoms with Crippen LogP contribution in [-0.4, -0.2) is 14.1 Å². The summed E-state index contributed by atoms with van der Waals surface area (Å²) in [6, 6.07) is 64.6. The number of nitrogens with zero attached hydrogens (tertiary/aromatic N) is 12. The molecule has 0 N–H and O–H groups in total. The normalized spacial score (nSPS) is 10.6. The molecule has 0 unspecified atom stereocenters. The fraction of sp³-hybridized carbons (Fsp3) is 0. The summed E-state index contributed by atoms with van der Waals surface area (Å²) < 4.78 is 4.16. The molecular weight excluding hydrogens is 985 g/mol. The van der Waals surface area contributed by atoms with Crippen molar-refractivity contribution in [3.8, 4) is 97.5 Å². The van der Waals surface area contributed by atoms with Crippen molar-refractivity contribution in [2.45, 2.75) is 0 Å². The standard InChI is InChI=1S/C68H30N12/c1-74-53-21-40(34-69)17-49(25-53)44-9-13-63-58(29-44)59-30-45(50-18-41(35-70)22-54(26-50)75-2)10-14-64(59)79(63)67-39-78-68(33-62(67)57-8-6-5-7-48(57)38-73)80-65-15-11-46(51-19-42(36-71)23-55(27-51)76-3)31-60(65)61-32-47(12-16-66(61)80)52-20-43(37-72)24-56(28-52)77-4/h5-33,39H. The number of rotatable bonds is 7. The van der Waals surface area contributed by atoms with Crippen molar-refractivity contribution in [2.75, 3.05) is 0 Å². The summed E-state index contributed by atoms with van der Waals surface area (Å²) >= 11 is 0. The average Bonchev–Trinajstić information content (AvgIpc) is 4.22. The highest BCUT2D eigenvalue weighted by atomic mass is 15.1. The van der Waals surface area contributed by atoms with Crippen LogP contribution in [0.4, 0.5) is 22.7 Å². The van der Waals surface area contributed by atoms with Crippen LogP contribution in [0.2, 0.25) is 0 Å². The molecule has 0 radical (unpaired) electrons. The van der Waals surface area contributed by atoms with E-state index in [0.29, 0.717) is 95.5 Å². The highest BCUT2D eigenvalue weighted by Crippen LogP contribution is 2.44. The van der Waals surface area contributed by atoms with E-state index >= 15 is 0 Å². The van der Waals surface area contributed by atoms with Gasteiger partial charge in [-0.25, -0.2) is 24.4 Å². The van der Waals surface area contributed by atoms with Gasteiger partial charge in [0, 0.05) is 54.9 Å². The molecule has 80 heavy (non-hydrogen) atoms. The molecule has 0 saturated heterocycles. The maximum atomic E-state index is 10.8. The number of benzene rings is 9. The first-order chi connectivity index (χ1) is 39.2.